The van der Waals surface area contributed by atoms with E-state index in [9.17, 15) is 4.79 Å². The van der Waals surface area contributed by atoms with Crippen molar-refractivity contribution in [1.82, 2.24) is 4.98 Å². The average molecular weight is 633 g/mol. The van der Waals surface area contributed by atoms with Gasteiger partial charge in [0.15, 0.2) is 22.7 Å². The van der Waals surface area contributed by atoms with E-state index < -0.39 is 28.7 Å². The Morgan fingerprint density at radius 2 is 1.27 bits per heavy atom. The summed E-state index contributed by atoms with van der Waals surface area (Å²) in [7, 11) is -4.04. The molecule has 1 aromatic heterocycles. The van der Waals surface area contributed by atoms with Gasteiger partial charge in [0.1, 0.15) is 5.69 Å². The second-order valence-electron chi connectivity index (χ2n) is 15.1. The Bertz CT molecular complexity index is 1330. The van der Waals surface area contributed by atoms with Crippen molar-refractivity contribution < 1.29 is 18.4 Å². The van der Waals surface area contributed by atoms with Crippen molar-refractivity contribution in [3.63, 3.8) is 0 Å². The fourth-order valence-corrected chi connectivity index (χ4v) is 7.65. The van der Waals surface area contributed by atoms with Gasteiger partial charge in [-0.2, -0.15) is 0 Å². The first-order valence-electron chi connectivity index (χ1n) is 15.9. The summed E-state index contributed by atoms with van der Waals surface area (Å²) in [5, 5.41) is 0.220. The largest absolute Gasteiger partial charge is 0.448 e. The summed E-state index contributed by atoms with van der Waals surface area (Å²) in [6.45, 7) is 24.6. The summed E-state index contributed by atoms with van der Waals surface area (Å²) in [6.07, 6.45) is 2.16. The average Bonchev–Trinajstić information content (AvgIpc) is 2.96. The molecule has 1 aliphatic heterocycles. The van der Waals surface area contributed by atoms with Gasteiger partial charge in [0, 0.05) is 13.1 Å². The predicted octanol–water partition coefficient (Wildman–Crippen LogP) is 9.02. The number of carbonyl (C=O) groups is 1. The first-order valence-corrected chi connectivity index (χ1v) is 21.7. The Kier molecular flexibility index (Phi) is 10.3. The quantitative estimate of drug-likeness (QED) is 0.173. The minimum Gasteiger partial charge on any atom is -0.448 e. The Balaban J connectivity index is 1.52. The molecule has 6 nitrogen and oxygen atoms in total. The van der Waals surface area contributed by atoms with E-state index in [-0.39, 0.29) is 28.0 Å². The van der Waals surface area contributed by atoms with Gasteiger partial charge in [-0.1, -0.05) is 102 Å². The zero-order valence-electron chi connectivity index (χ0n) is 28.4. The van der Waals surface area contributed by atoms with Crippen LogP contribution < -0.4 is 4.90 Å². The predicted molar refractivity (Wildman–Crippen MR) is 185 cm³/mol. The second-order valence-corrected chi connectivity index (χ2v) is 24.6. The highest BCUT2D eigenvalue weighted by Crippen LogP contribution is 2.42. The van der Waals surface area contributed by atoms with E-state index in [1.54, 1.807) is 12.3 Å². The normalized spacial score (nSPS) is 18.4. The van der Waals surface area contributed by atoms with Gasteiger partial charge in [0.05, 0.1) is 24.1 Å². The minimum atomic E-state index is -2.05. The highest BCUT2D eigenvalue weighted by Gasteiger charge is 2.46. The molecule has 0 bridgehead atoms. The lowest BCUT2D eigenvalue weighted by atomic mass is 10.0. The number of ether oxygens (including phenoxy) is 1. The molecule has 44 heavy (non-hydrogen) atoms. The number of nitrogens with zero attached hydrogens (tertiary/aromatic N) is 2. The number of hydrogen-bond acceptors (Lipinski definition) is 6. The molecule has 2 aromatic carbocycles. The van der Waals surface area contributed by atoms with Crippen molar-refractivity contribution in [3.05, 3.63) is 95.8 Å². The van der Waals surface area contributed by atoms with Gasteiger partial charge in [-0.3, -0.25) is 0 Å². The van der Waals surface area contributed by atoms with Crippen molar-refractivity contribution in [3.8, 4) is 0 Å². The molecule has 2 heterocycles. The number of pyridine rings is 1. The number of benzene rings is 2. The van der Waals surface area contributed by atoms with Crippen LogP contribution in [0.5, 0.6) is 0 Å². The number of aromatic nitrogens is 1. The number of carbonyl (C=O) groups excluding carboxylic acids is 1. The van der Waals surface area contributed by atoms with Gasteiger partial charge >= 0.3 is 5.97 Å². The van der Waals surface area contributed by atoms with E-state index in [4.69, 9.17) is 13.6 Å². The number of esters is 1. The molecule has 0 saturated carbocycles. The monoisotopic (exact) mass is 632 g/mol. The number of anilines is 1. The SMILES string of the molecule is CC(C)(C)[Si](C)(C)O[C@H]1CCN(c2ccc(C(=O)OC(c3ccccc3)c3ccccc3)nc2)C[C@@H]1O[Si](C)(C)C(C)(C)C. The summed E-state index contributed by atoms with van der Waals surface area (Å²) in [4.78, 5) is 20.2. The van der Waals surface area contributed by atoms with E-state index in [0.717, 1.165) is 36.3 Å². The smallest absolute Gasteiger partial charge is 0.357 e. The third-order valence-electron chi connectivity index (χ3n) is 9.75. The van der Waals surface area contributed by atoms with Gasteiger partial charge in [-0.25, -0.2) is 9.78 Å². The third-order valence-corrected chi connectivity index (χ3v) is 18.8. The summed E-state index contributed by atoms with van der Waals surface area (Å²) in [5.41, 5.74) is 3.09. The second kappa shape index (κ2) is 13.3. The Morgan fingerprint density at radius 1 is 0.773 bits per heavy atom. The molecule has 0 amide bonds. The lowest BCUT2D eigenvalue weighted by Crippen LogP contribution is -2.58. The van der Waals surface area contributed by atoms with Crippen molar-refractivity contribution in [2.75, 3.05) is 18.0 Å². The molecule has 0 radical (unpaired) electrons. The Labute approximate surface area is 267 Å². The molecule has 1 aliphatic rings. The van der Waals surface area contributed by atoms with E-state index in [1.165, 1.54) is 0 Å². The Hall–Kier alpha value is -2.79. The van der Waals surface area contributed by atoms with E-state index >= 15 is 0 Å². The molecular formula is C36H52N2O4Si2. The van der Waals surface area contributed by atoms with E-state index in [1.807, 2.05) is 66.7 Å². The van der Waals surface area contributed by atoms with E-state index in [2.05, 4.69) is 77.6 Å². The summed E-state index contributed by atoms with van der Waals surface area (Å²) < 4.78 is 20.1. The molecule has 0 unspecified atom stereocenters. The number of piperidine rings is 1. The van der Waals surface area contributed by atoms with E-state index in [0.29, 0.717) is 0 Å². The molecule has 8 heteroatoms. The molecule has 0 aliphatic carbocycles. The minimum absolute atomic E-state index is 0.0408. The van der Waals surface area contributed by atoms with Crippen molar-refractivity contribution in [2.45, 2.75) is 103 Å². The highest BCUT2D eigenvalue weighted by atomic mass is 28.4. The Morgan fingerprint density at radius 3 is 1.73 bits per heavy atom. The van der Waals surface area contributed by atoms with Crippen molar-refractivity contribution >= 4 is 28.3 Å². The third kappa shape index (κ3) is 8.07. The maximum atomic E-state index is 13.3. The van der Waals surface area contributed by atoms with Crippen LogP contribution in [-0.2, 0) is 13.6 Å². The van der Waals surface area contributed by atoms with Gasteiger partial charge in [-0.15, -0.1) is 0 Å². The fraction of sp³-hybridized carbons (Fsp3) is 0.500. The zero-order valence-corrected chi connectivity index (χ0v) is 30.4. The molecule has 1 fully saturated rings. The number of hydrogen-bond donors (Lipinski definition) is 0. The van der Waals surface area contributed by atoms with Gasteiger partial charge in [0.2, 0.25) is 0 Å². The van der Waals surface area contributed by atoms with Crippen molar-refractivity contribution in [1.29, 1.82) is 0 Å². The van der Waals surface area contributed by atoms with Crippen LogP contribution >= 0.6 is 0 Å². The molecule has 4 rings (SSSR count). The molecule has 0 N–H and O–H groups in total. The molecule has 3 aromatic rings. The molecule has 1 saturated heterocycles. The molecular weight excluding hydrogens is 581 g/mol. The van der Waals surface area contributed by atoms with Crippen LogP contribution in [0.15, 0.2) is 79.0 Å². The van der Waals surface area contributed by atoms with Crippen LogP contribution in [-0.4, -0.2) is 52.9 Å². The topological polar surface area (TPSA) is 60.9 Å². The van der Waals surface area contributed by atoms with Gasteiger partial charge in [0.25, 0.3) is 0 Å². The molecule has 2 atom stereocenters. The fourth-order valence-electron chi connectivity index (χ4n) is 4.93. The van der Waals surface area contributed by atoms with Crippen molar-refractivity contribution in [2.24, 2.45) is 0 Å². The first-order chi connectivity index (χ1) is 20.5. The first kappa shape index (κ1) is 34.1. The molecule has 238 valence electrons. The highest BCUT2D eigenvalue weighted by molar-refractivity contribution is 6.74. The zero-order chi connectivity index (χ0) is 32.3. The summed E-state index contributed by atoms with van der Waals surface area (Å²) in [5.74, 6) is -0.449. The summed E-state index contributed by atoms with van der Waals surface area (Å²) in [6, 6.07) is 23.4. The van der Waals surface area contributed by atoms with Crippen LogP contribution in [0.1, 0.15) is 75.7 Å². The van der Waals surface area contributed by atoms with Gasteiger partial charge < -0.3 is 18.5 Å². The van der Waals surface area contributed by atoms with Crippen LogP contribution in [0.2, 0.25) is 36.3 Å². The van der Waals surface area contributed by atoms with Gasteiger partial charge in [-0.05, 0) is 65.9 Å². The standard InChI is InChI=1S/C36H52N2O4Si2/c1-35(2,3)43(7,8)41-31-23-24-38(26-32(31)42-44(9,10)36(4,5)6)29-21-22-30(37-25-29)34(39)40-33(27-17-13-11-14-18-27)28-19-15-12-16-20-28/h11-22,25,31-33H,23-24,26H2,1-10H3/t31-,32-/m0/s1. The maximum absolute atomic E-state index is 13.3. The lowest BCUT2D eigenvalue weighted by Gasteiger charge is -2.49. The van der Waals surface area contributed by atoms with Crippen LogP contribution in [0.4, 0.5) is 5.69 Å². The van der Waals surface area contributed by atoms with Crippen LogP contribution in [0.25, 0.3) is 0 Å². The molecule has 0 spiro atoms. The van der Waals surface area contributed by atoms with Crippen LogP contribution in [0, 0.1) is 0 Å². The lowest BCUT2D eigenvalue weighted by molar-refractivity contribution is 0.0232. The maximum Gasteiger partial charge on any atom is 0.357 e. The van der Waals surface area contributed by atoms with Crippen LogP contribution in [0.3, 0.4) is 0 Å². The summed E-state index contributed by atoms with van der Waals surface area (Å²) >= 11 is 0. The number of rotatable bonds is 9.